The van der Waals surface area contributed by atoms with Gasteiger partial charge in [-0.15, -0.1) is 23.5 Å². The largest absolute Gasteiger partial charge is 0.497 e. The molecule has 112 valence electrons. The van der Waals surface area contributed by atoms with Crippen molar-refractivity contribution >= 4 is 23.5 Å². The molecular weight excluding hydrogens is 288 g/mol. The fourth-order valence-corrected chi connectivity index (χ4v) is 5.09. The van der Waals surface area contributed by atoms with E-state index >= 15 is 0 Å². The van der Waals surface area contributed by atoms with Crippen LogP contribution in [0.25, 0.3) is 0 Å². The highest BCUT2D eigenvalue weighted by Crippen LogP contribution is 2.33. The van der Waals surface area contributed by atoms with Crippen LogP contribution in [0.5, 0.6) is 5.75 Å². The Morgan fingerprint density at radius 2 is 1.85 bits per heavy atom. The molecule has 1 heterocycles. The van der Waals surface area contributed by atoms with Crippen molar-refractivity contribution in [3.05, 3.63) is 29.8 Å². The Hall–Kier alpha value is -0.320. The average Bonchev–Trinajstić information content (AvgIpc) is 2.52. The van der Waals surface area contributed by atoms with Crippen LogP contribution in [0.15, 0.2) is 24.3 Å². The van der Waals surface area contributed by atoms with Crippen LogP contribution in [-0.2, 0) is 11.3 Å². The fourth-order valence-electron chi connectivity index (χ4n) is 2.13. The SMILES string of the molecule is COc1ccc(COCCCCC2SCCCS2)cc1. The number of methoxy groups -OCH3 is 1. The first-order valence-corrected chi connectivity index (χ1v) is 9.42. The number of thioether (sulfide) groups is 2. The van der Waals surface area contributed by atoms with Crippen LogP contribution in [0, 0.1) is 0 Å². The van der Waals surface area contributed by atoms with Gasteiger partial charge in [0.25, 0.3) is 0 Å². The van der Waals surface area contributed by atoms with E-state index in [4.69, 9.17) is 9.47 Å². The molecule has 1 aliphatic heterocycles. The van der Waals surface area contributed by atoms with Gasteiger partial charge in [-0.2, -0.15) is 0 Å². The molecule has 20 heavy (non-hydrogen) atoms. The highest BCUT2D eigenvalue weighted by Gasteiger charge is 2.13. The minimum absolute atomic E-state index is 0.705. The van der Waals surface area contributed by atoms with E-state index in [9.17, 15) is 0 Å². The molecule has 0 aliphatic carbocycles. The molecule has 0 aromatic heterocycles. The number of rotatable bonds is 8. The van der Waals surface area contributed by atoms with Gasteiger partial charge in [-0.05, 0) is 54.9 Å². The smallest absolute Gasteiger partial charge is 0.118 e. The highest BCUT2D eigenvalue weighted by atomic mass is 32.2. The van der Waals surface area contributed by atoms with Crippen molar-refractivity contribution in [1.82, 2.24) is 0 Å². The van der Waals surface area contributed by atoms with Crippen LogP contribution < -0.4 is 4.74 Å². The number of hydrogen-bond donors (Lipinski definition) is 0. The summed E-state index contributed by atoms with van der Waals surface area (Å²) in [6.45, 7) is 1.57. The van der Waals surface area contributed by atoms with Crippen molar-refractivity contribution in [3.63, 3.8) is 0 Å². The van der Waals surface area contributed by atoms with Crippen LogP contribution in [-0.4, -0.2) is 29.8 Å². The van der Waals surface area contributed by atoms with E-state index < -0.39 is 0 Å². The molecule has 0 unspecified atom stereocenters. The van der Waals surface area contributed by atoms with Crippen molar-refractivity contribution in [1.29, 1.82) is 0 Å². The molecule has 1 saturated heterocycles. The van der Waals surface area contributed by atoms with Gasteiger partial charge in [0.05, 0.1) is 18.3 Å². The topological polar surface area (TPSA) is 18.5 Å². The molecule has 0 radical (unpaired) electrons. The summed E-state index contributed by atoms with van der Waals surface area (Å²) in [6, 6.07) is 8.09. The lowest BCUT2D eigenvalue weighted by atomic mass is 10.2. The van der Waals surface area contributed by atoms with E-state index in [1.54, 1.807) is 7.11 Å². The van der Waals surface area contributed by atoms with Crippen LogP contribution in [0.1, 0.15) is 31.2 Å². The molecule has 2 nitrogen and oxygen atoms in total. The second-order valence-corrected chi connectivity index (χ2v) is 7.84. The number of benzene rings is 1. The Bertz CT molecular complexity index is 361. The van der Waals surface area contributed by atoms with Gasteiger partial charge in [0, 0.05) is 6.61 Å². The van der Waals surface area contributed by atoms with Crippen LogP contribution in [0.2, 0.25) is 0 Å². The van der Waals surface area contributed by atoms with Gasteiger partial charge in [-0.25, -0.2) is 0 Å². The first kappa shape index (κ1) is 16.1. The maximum atomic E-state index is 5.73. The van der Waals surface area contributed by atoms with Crippen LogP contribution in [0.4, 0.5) is 0 Å². The molecule has 1 fully saturated rings. The molecule has 4 heteroatoms. The Morgan fingerprint density at radius 1 is 1.10 bits per heavy atom. The van der Waals surface area contributed by atoms with E-state index in [-0.39, 0.29) is 0 Å². The summed E-state index contributed by atoms with van der Waals surface area (Å²) in [4.78, 5) is 0. The normalized spacial score (nSPS) is 16.2. The molecule has 0 bridgehead atoms. The molecule has 0 amide bonds. The molecule has 1 aliphatic rings. The molecule has 0 atom stereocenters. The average molecular weight is 312 g/mol. The predicted molar refractivity (Wildman–Crippen MR) is 89.8 cm³/mol. The number of unbranched alkanes of at least 4 members (excludes halogenated alkanes) is 1. The van der Waals surface area contributed by atoms with E-state index in [0.717, 1.165) is 16.9 Å². The third kappa shape index (κ3) is 5.98. The number of ether oxygens (including phenoxy) is 2. The molecule has 0 saturated carbocycles. The molecule has 2 rings (SSSR count). The van der Waals surface area contributed by atoms with Gasteiger partial charge >= 0.3 is 0 Å². The summed E-state index contributed by atoms with van der Waals surface area (Å²) in [5.41, 5.74) is 1.21. The van der Waals surface area contributed by atoms with Crippen LogP contribution in [0.3, 0.4) is 0 Å². The van der Waals surface area contributed by atoms with Crippen molar-refractivity contribution < 1.29 is 9.47 Å². The van der Waals surface area contributed by atoms with E-state index in [0.29, 0.717) is 6.61 Å². The second kappa shape index (κ2) is 9.59. The fraction of sp³-hybridized carbons (Fsp3) is 0.625. The van der Waals surface area contributed by atoms with E-state index in [1.165, 1.54) is 42.8 Å². The summed E-state index contributed by atoms with van der Waals surface area (Å²) >= 11 is 4.28. The monoisotopic (exact) mass is 312 g/mol. The van der Waals surface area contributed by atoms with Gasteiger partial charge in [0.15, 0.2) is 0 Å². The molecule has 1 aromatic rings. The molecule has 0 spiro atoms. The Kier molecular flexibility index (Phi) is 7.70. The Labute approximate surface area is 131 Å². The maximum absolute atomic E-state index is 5.73. The minimum Gasteiger partial charge on any atom is -0.497 e. The van der Waals surface area contributed by atoms with Gasteiger partial charge in [0.2, 0.25) is 0 Å². The predicted octanol–water partition coefficient (Wildman–Crippen LogP) is 4.58. The first-order valence-electron chi connectivity index (χ1n) is 7.32. The van der Waals surface area contributed by atoms with Crippen molar-refractivity contribution in [2.75, 3.05) is 25.2 Å². The summed E-state index contributed by atoms with van der Waals surface area (Å²) in [6.07, 6.45) is 5.18. The summed E-state index contributed by atoms with van der Waals surface area (Å²) in [5, 5.41) is 0. The van der Waals surface area contributed by atoms with Crippen molar-refractivity contribution in [3.8, 4) is 5.75 Å². The maximum Gasteiger partial charge on any atom is 0.118 e. The van der Waals surface area contributed by atoms with Crippen molar-refractivity contribution in [2.45, 2.75) is 36.9 Å². The zero-order valence-electron chi connectivity index (χ0n) is 12.2. The van der Waals surface area contributed by atoms with Crippen LogP contribution >= 0.6 is 23.5 Å². The Balaban J connectivity index is 1.50. The highest BCUT2D eigenvalue weighted by molar-refractivity contribution is 8.17. The molecule has 0 N–H and O–H groups in total. The second-order valence-electron chi connectivity index (χ2n) is 4.92. The third-order valence-corrected chi connectivity index (χ3v) is 6.38. The first-order chi connectivity index (χ1) is 9.88. The van der Waals surface area contributed by atoms with Gasteiger partial charge in [-0.1, -0.05) is 12.1 Å². The molecular formula is C16H24O2S2. The lowest BCUT2D eigenvalue weighted by Gasteiger charge is -2.20. The van der Waals surface area contributed by atoms with Crippen molar-refractivity contribution in [2.24, 2.45) is 0 Å². The van der Waals surface area contributed by atoms with E-state index in [2.05, 4.69) is 35.7 Å². The zero-order valence-corrected chi connectivity index (χ0v) is 13.8. The summed E-state index contributed by atoms with van der Waals surface area (Å²) in [5.74, 6) is 3.60. The quantitative estimate of drug-likeness (QED) is 0.654. The molecule has 1 aromatic carbocycles. The van der Waals surface area contributed by atoms with Gasteiger partial charge in [0.1, 0.15) is 5.75 Å². The summed E-state index contributed by atoms with van der Waals surface area (Å²) < 4.78 is 11.7. The standard InChI is InChI=1S/C16H24O2S2/c1-17-15-8-6-14(7-9-15)13-18-10-3-2-5-16-19-11-4-12-20-16/h6-9,16H,2-5,10-13H2,1H3. The lowest BCUT2D eigenvalue weighted by Crippen LogP contribution is -2.07. The minimum atomic E-state index is 0.705. The third-order valence-electron chi connectivity index (χ3n) is 3.30. The zero-order chi connectivity index (χ0) is 14.0. The summed E-state index contributed by atoms with van der Waals surface area (Å²) in [7, 11) is 1.69. The number of hydrogen-bond acceptors (Lipinski definition) is 4. The van der Waals surface area contributed by atoms with Gasteiger partial charge < -0.3 is 9.47 Å². The van der Waals surface area contributed by atoms with E-state index in [1.807, 2.05) is 12.1 Å². The Morgan fingerprint density at radius 3 is 2.55 bits per heavy atom. The van der Waals surface area contributed by atoms with Gasteiger partial charge in [-0.3, -0.25) is 0 Å². The lowest BCUT2D eigenvalue weighted by molar-refractivity contribution is 0.117.